The van der Waals surface area contributed by atoms with E-state index in [4.69, 9.17) is 5.73 Å². The first kappa shape index (κ1) is 16.9. The van der Waals surface area contributed by atoms with Crippen molar-refractivity contribution in [1.82, 2.24) is 9.55 Å². The summed E-state index contributed by atoms with van der Waals surface area (Å²) in [5.41, 5.74) is 11.8. The van der Waals surface area contributed by atoms with Gasteiger partial charge in [-0.1, -0.05) is 39.7 Å². The Morgan fingerprint density at radius 1 is 1.17 bits per heavy atom. The molecule has 0 bridgehead atoms. The van der Waals surface area contributed by atoms with E-state index in [1.807, 2.05) is 4.57 Å². The predicted octanol–water partition coefficient (Wildman–Crippen LogP) is 4.58. The van der Waals surface area contributed by atoms with Gasteiger partial charge in [0, 0.05) is 22.1 Å². The van der Waals surface area contributed by atoms with Crippen molar-refractivity contribution in [2.75, 3.05) is 0 Å². The summed E-state index contributed by atoms with van der Waals surface area (Å²) < 4.78 is 16.8. The van der Waals surface area contributed by atoms with Crippen LogP contribution < -0.4 is 5.73 Å². The van der Waals surface area contributed by atoms with Crippen molar-refractivity contribution in [1.29, 1.82) is 0 Å². The lowest BCUT2D eigenvalue weighted by Gasteiger charge is -2.11. The molecule has 0 aliphatic carbocycles. The Labute approximate surface area is 149 Å². The molecule has 0 saturated carbocycles. The van der Waals surface area contributed by atoms with Gasteiger partial charge >= 0.3 is 0 Å². The molecule has 3 nitrogen and oxygen atoms in total. The number of aryl methyl sites for hydroxylation is 2. The summed E-state index contributed by atoms with van der Waals surface area (Å²) in [7, 11) is 0. The summed E-state index contributed by atoms with van der Waals surface area (Å²) in [5, 5.41) is 0. The Morgan fingerprint density at radius 2 is 1.96 bits per heavy atom. The molecule has 0 aliphatic heterocycles. The van der Waals surface area contributed by atoms with Crippen molar-refractivity contribution in [3.05, 3.63) is 75.4 Å². The fraction of sp³-hybridized carbons (Fsp3) is 0.211. The number of hydrogen-bond acceptors (Lipinski definition) is 2. The summed E-state index contributed by atoms with van der Waals surface area (Å²) in [6, 6.07) is 11.2. The molecule has 0 aliphatic rings. The first-order valence-electron chi connectivity index (χ1n) is 7.75. The minimum atomic E-state index is -0.233. The van der Waals surface area contributed by atoms with Gasteiger partial charge in [0.15, 0.2) is 0 Å². The van der Waals surface area contributed by atoms with Crippen molar-refractivity contribution in [2.24, 2.45) is 5.73 Å². The van der Waals surface area contributed by atoms with Crippen LogP contribution in [0.4, 0.5) is 4.39 Å². The highest BCUT2D eigenvalue weighted by molar-refractivity contribution is 9.10. The minimum absolute atomic E-state index is 0.233. The van der Waals surface area contributed by atoms with Crippen molar-refractivity contribution < 1.29 is 4.39 Å². The zero-order chi connectivity index (χ0) is 17.3. The number of halogens is 2. The smallest absolute Gasteiger partial charge is 0.128 e. The van der Waals surface area contributed by atoms with E-state index in [0.717, 1.165) is 27.0 Å². The lowest BCUT2D eigenvalue weighted by atomic mass is 10.0. The van der Waals surface area contributed by atoms with Crippen molar-refractivity contribution >= 4 is 15.9 Å². The van der Waals surface area contributed by atoms with Crippen molar-refractivity contribution in [3.63, 3.8) is 0 Å². The van der Waals surface area contributed by atoms with Gasteiger partial charge in [0.1, 0.15) is 5.82 Å². The second-order valence-corrected chi connectivity index (χ2v) is 6.84. The Kier molecular flexibility index (Phi) is 4.83. The predicted molar refractivity (Wildman–Crippen MR) is 98.2 cm³/mol. The molecule has 0 saturated heterocycles. The third-order valence-corrected chi connectivity index (χ3v) is 4.62. The number of rotatable bonds is 4. The van der Waals surface area contributed by atoms with Crippen LogP contribution in [0.5, 0.6) is 0 Å². The molecule has 1 heterocycles. The average Bonchev–Trinajstić information content (AvgIpc) is 2.93. The summed E-state index contributed by atoms with van der Waals surface area (Å²) in [6.45, 7) is 4.87. The van der Waals surface area contributed by atoms with Crippen LogP contribution in [-0.4, -0.2) is 9.55 Å². The van der Waals surface area contributed by atoms with Gasteiger partial charge in [-0.05, 0) is 37.6 Å². The fourth-order valence-corrected chi connectivity index (χ4v) is 3.32. The summed E-state index contributed by atoms with van der Waals surface area (Å²) in [4.78, 5) is 4.54. The minimum Gasteiger partial charge on any atom is -0.328 e. The van der Waals surface area contributed by atoms with Gasteiger partial charge in [-0.2, -0.15) is 0 Å². The van der Waals surface area contributed by atoms with Crippen molar-refractivity contribution in [3.8, 4) is 11.3 Å². The first-order valence-corrected chi connectivity index (χ1v) is 8.54. The van der Waals surface area contributed by atoms with Crippen LogP contribution in [0.1, 0.15) is 22.4 Å². The van der Waals surface area contributed by atoms with E-state index >= 15 is 0 Å². The molecular weight excluding hydrogens is 369 g/mol. The zero-order valence-corrected chi connectivity index (χ0v) is 15.3. The third-order valence-electron chi connectivity index (χ3n) is 4.13. The Morgan fingerprint density at radius 3 is 2.67 bits per heavy atom. The lowest BCUT2D eigenvalue weighted by molar-refractivity contribution is 0.595. The molecule has 0 unspecified atom stereocenters. The fourth-order valence-electron chi connectivity index (χ4n) is 2.91. The molecule has 2 N–H and O–H groups in total. The van der Waals surface area contributed by atoms with Crippen LogP contribution >= 0.6 is 15.9 Å². The monoisotopic (exact) mass is 387 g/mol. The van der Waals surface area contributed by atoms with Crippen LogP contribution in [0.15, 0.2) is 47.2 Å². The number of hydrogen-bond donors (Lipinski definition) is 1. The maximum Gasteiger partial charge on any atom is 0.128 e. The molecular formula is C19H19BrFN3. The molecule has 5 heteroatoms. The third kappa shape index (κ3) is 3.28. The molecule has 1 aromatic heterocycles. The number of benzene rings is 2. The topological polar surface area (TPSA) is 43.8 Å². The Balaban J connectivity index is 2.02. The highest BCUT2D eigenvalue weighted by atomic mass is 79.9. The van der Waals surface area contributed by atoms with Gasteiger partial charge in [-0.25, -0.2) is 9.37 Å². The van der Waals surface area contributed by atoms with E-state index in [2.05, 4.69) is 53.0 Å². The normalized spacial score (nSPS) is 11.0. The van der Waals surface area contributed by atoms with Gasteiger partial charge in [0.05, 0.1) is 24.3 Å². The highest BCUT2D eigenvalue weighted by Gasteiger charge is 2.15. The molecule has 0 fully saturated rings. The Bertz CT molecular complexity index is 886. The number of nitrogens with zero attached hydrogens (tertiary/aromatic N) is 2. The summed E-state index contributed by atoms with van der Waals surface area (Å²) >= 11 is 3.39. The molecule has 0 spiro atoms. The molecule has 2 aromatic carbocycles. The van der Waals surface area contributed by atoms with Gasteiger partial charge in [-0.15, -0.1) is 0 Å². The molecule has 3 aromatic rings. The summed E-state index contributed by atoms with van der Waals surface area (Å²) in [5.74, 6) is -0.233. The second kappa shape index (κ2) is 6.87. The van der Waals surface area contributed by atoms with E-state index in [1.165, 1.54) is 11.6 Å². The van der Waals surface area contributed by atoms with Crippen molar-refractivity contribution in [2.45, 2.75) is 26.9 Å². The first-order chi connectivity index (χ1) is 11.5. The van der Waals surface area contributed by atoms with Gasteiger partial charge in [0.25, 0.3) is 0 Å². The number of imidazole rings is 1. The molecule has 0 radical (unpaired) electrons. The maximum atomic E-state index is 14.0. The van der Waals surface area contributed by atoms with E-state index in [9.17, 15) is 4.39 Å². The molecule has 24 heavy (non-hydrogen) atoms. The average molecular weight is 388 g/mol. The van der Waals surface area contributed by atoms with Gasteiger partial charge in [-0.3, -0.25) is 0 Å². The number of aromatic nitrogens is 2. The SMILES string of the molecule is Cc1ccc(-c2ncn(Cc3cc(Br)ccc3F)c2CN)c(C)c1. The largest absolute Gasteiger partial charge is 0.328 e. The molecule has 0 atom stereocenters. The van der Waals surface area contributed by atoms with E-state index in [1.54, 1.807) is 18.5 Å². The maximum absolute atomic E-state index is 14.0. The highest BCUT2D eigenvalue weighted by Crippen LogP contribution is 2.27. The van der Waals surface area contributed by atoms with Crippen LogP contribution in [0.2, 0.25) is 0 Å². The summed E-state index contributed by atoms with van der Waals surface area (Å²) in [6.07, 6.45) is 1.73. The Hall–Kier alpha value is -1.98. The van der Waals surface area contributed by atoms with Crippen LogP contribution in [-0.2, 0) is 13.1 Å². The van der Waals surface area contributed by atoms with Crippen LogP contribution in [0.3, 0.4) is 0 Å². The molecule has 3 rings (SSSR count). The quantitative estimate of drug-likeness (QED) is 0.711. The van der Waals surface area contributed by atoms with E-state index in [0.29, 0.717) is 18.7 Å². The number of nitrogens with two attached hydrogens (primary N) is 1. The molecule has 0 amide bonds. The van der Waals surface area contributed by atoms with Gasteiger partial charge < -0.3 is 10.3 Å². The molecule has 124 valence electrons. The zero-order valence-electron chi connectivity index (χ0n) is 13.7. The van der Waals surface area contributed by atoms with E-state index < -0.39 is 0 Å². The van der Waals surface area contributed by atoms with Crippen LogP contribution in [0, 0.1) is 19.7 Å². The lowest BCUT2D eigenvalue weighted by Crippen LogP contribution is -2.10. The standard InChI is InChI=1S/C19H19BrFN3/c1-12-3-5-16(13(2)7-12)19-18(9-22)24(11-23-19)10-14-8-15(20)4-6-17(14)21/h3-8,11H,9-10,22H2,1-2H3. The van der Waals surface area contributed by atoms with E-state index in [-0.39, 0.29) is 5.82 Å². The second-order valence-electron chi connectivity index (χ2n) is 5.93. The van der Waals surface area contributed by atoms with Crippen LogP contribution in [0.25, 0.3) is 11.3 Å². The van der Waals surface area contributed by atoms with Gasteiger partial charge in [0.2, 0.25) is 0 Å².